The van der Waals surface area contributed by atoms with E-state index in [1.54, 1.807) is 0 Å². The van der Waals surface area contributed by atoms with E-state index in [2.05, 4.69) is 24.9 Å². The Hall–Kier alpha value is -3.31. The third-order valence-electron chi connectivity index (χ3n) is 3.44. The largest absolute Gasteiger partial charge is 0.433 e. The fourth-order valence-corrected chi connectivity index (χ4v) is 2.27. The minimum atomic E-state index is -4.66. The number of hydrogen-bond acceptors (Lipinski definition) is 6. The molecule has 0 radical (unpaired) electrons. The Labute approximate surface area is 153 Å². The monoisotopic (exact) mass is 400 g/mol. The van der Waals surface area contributed by atoms with Crippen LogP contribution in [0.5, 0.6) is 0 Å². The van der Waals surface area contributed by atoms with Gasteiger partial charge in [-0.05, 0) is 29.8 Å². The van der Waals surface area contributed by atoms with Crippen molar-refractivity contribution in [2.45, 2.75) is 18.8 Å². The highest BCUT2D eigenvalue weighted by atomic mass is 19.4. The van der Waals surface area contributed by atoms with Gasteiger partial charge in [-0.25, -0.2) is 9.97 Å². The number of aromatic nitrogens is 5. The number of halogens is 6. The van der Waals surface area contributed by atoms with E-state index in [1.807, 2.05) is 0 Å². The van der Waals surface area contributed by atoms with E-state index in [1.165, 1.54) is 12.1 Å². The molecule has 0 aliphatic rings. The minimum absolute atomic E-state index is 0.0268. The molecule has 0 saturated heterocycles. The van der Waals surface area contributed by atoms with Crippen LogP contribution in [0.25, 0.3) is 11.5 Å². The van der Waals surface area contributed by atoms with Gasteiger partial charge in [0.2, 0.25) is 5.95 Å². The first kappa shape index (κ1) is 19.5. The molecule has 3 rings (SSSR count). The van der Waals surface area contributed by atoms with Crippen LogP contribution >= 0.6 is 0 Å². The summed E-state index contributed by atoms with van der Waals surface area (Å²) in [5.41, 5.74) is 3.33. The van der Waals surface area contributed by atoms with Crippen molar-refractivity contribution in [1.29, 1.82) is 0 Å². The molecule has 146 valence electrons. The van der Waals surface area contributed by atoms with Gasteiger partial charge in [-0.1, -0.05) is 6.07 Å². The van der Waals surface area contributed by atoms with Crippen molar-refractivity contribution in [3.05, 3.63) is 59.3 Å². The van der Waals surface area contributed by atoms with Crippen LogP contribution in [0.2, 0.25) is 0 Å². The molecule has 0 unspecified atom stereocenters. The molecule has 3 heterocycles. The molecule has 3 aromatic rings. The third-order valence-corrected chi connectivity index (χ3v) is 3.44. The van der Waals surface area contributed by atoms with Crippen LogP contribution < -0.4 is 5.73 Å². The lowest BCUT2D eigenvalue weighted by molar-refractivity contribution is -0.141. The van der Waals surface area contributed by atoms with E-state index in [9.17, 15) is 26.3 Å². The van der Waals surface area contributed by atoms with Gasteiger partial charge in [0.15, 0.2) is 5.82 Å². The third kappa shape index (κ3) is 4.50. The zero-order valence-corrected chi connectivity index (χ0v) is 13.8. The topological polar surface area (TPSA) is 90.5 Å². The van der Waals surface area contributed by atoms with E-state index >= 15 is 0 Å². The number of nitrogens with two attached hydrogens (primary N) is 1. The van der Waals surface area contributed by atoms with Gasteiger partial charge in [0, 0.05) is 12.6 Å². The zero-order valence-electron chi connectivity index (χ0n) is 13.8. The molecule has 0 fully saturated rings. The molecule has 0 aliphatic heterocycles. The average Bonchev–Trinajstić information content (AvgIpc) is 2.60. The van der Waals surface area contributed by atoms with Crippen LogP contribution in [0.15, 0.2) is 36.5 Å². The second-order valence-electron chi connectivity index (χ2n) is 5.56. The summed E-state index contributed by atoms with van der Waals surface area (Å²) in [6.45, 7) is 0. The van der Waals surface area contributed by atoms with Crippen molar-refractivity contribution in [2.24, 2.45) is 0 Å². The average molecular weight is 400 g/mol. The van der Waals surface area contributed by atoms with Crippen molar-refractivity contribution < 1.29 is 26.3 Å². The predicted octanol–water partition coefficient (Wildman–Crippen LogP) is 3.54. The summed E-state index contributed by atoms with van der Waals surface area (Å²) in [6.07, 6.45) is -8.47. The molecule has 12 heteroatoms. The minimum Gasteiger partial charge on any atom is -0.368 e. The standard InChI is InChI=1S/C16H10F6N6/c17-15(18,19)10-3-1-2-9(25-10)13-26-12(27-14(23)28-13)7-8-4-5-24-11(6-8)16(20,21)22/h1-6H,7H2,(H2,23,26,27,28). The Kier molecular flexibility index (Phi) is 4.87. The van der Waals surface area contributed by atoms with Crippen molar-refractivity contribution in [3.63, 3.8) is 0 Å². The summed E-state index contributed by atoms with van der Waals surface area (Å²) >= 11 is 0. The SMILES string of the molecule is Nc1nc(Cc2ccnc(C(F)(F)F)c2)nc(-c2cccc(C(F)(F)F)n2)n1. The van der Waals surface area contributed by atoms with Gasteiger partial charge in [0.25, 0.3) is 0 Å². The predicted molar refractivity (Wildman–Crippen MR) is 84.5 cm³/mol. The number of anilines is 1. The lowest BCUT2D eigenvalue weighted by Crippen LogP contribution is -2.11. The summed E-state index contributed by atoms with van der Waals surface area (Å²) in [5.74, 6) is -0.552. The van der Waals surface area contributed by atoms with E-state index in [0.29, 0.717) is 0 Å². The highest BCUT2D eigenvalue weighted by Gasteiger charge is 2.33. The fourth-order valence-electron chi connectivity index (χ4n) is 2.27. The summed E-state index contributed by atoms with van der Waals surface area (Å²) in [7, 11) is 0. The first-order chi connectivity index (χ1) is 13.0. The van der Waals surface area contributed by atoms with Crippen LogP contribution in [0.4, 0.5) is 32.3 Å². The zero-order chi connectivity index (χ0) is 20.5. The fraction of sp³-hybridized carbons (Fsp3) is 0.188. The van der Waals surface area contributed by atoms with Crippen molar-refractivity contribution >= 4 is 5.95 Å². The molecule has 0 spiro atoms. The van der Waals surface area contributed by atoms with Crippen molar-refractivity contribution in [3.8, 4) is 11.5 Å². The Morgan fingerprint density at radius 3 is 2.21 bits per heavy atom. The maximum Gasteiger partial charge on any atom is 0.433 e. The summed E-state index contributed by atoms with van der Waals surface area (Å²) in [4.78, 5) is 18.3. The number of hydrogen-bond donors (Lipinski definition) is 1. The normalized spacial score (nSPS) is 12.2. The van der Waals surface area contributed by atoms with E-state index in [0.717, 1.165) is 24.4 Å². The Morgan fingerprint density at radius 2 is 1.54 bits per heavy atom. The molecule has 0 saturated carbocycles. The summed E-state index contributed by atoms with van der Waals surface area (Å²) < 4.78 is 76.8. The highest BCUT2D eigenvalue weighted by Crippen LogP contribution is 2.29. The second-order valence-corrected chi connectivity index (χ2v) is 5.56. The van der Waals surface area contributed by atoms with E-state index < -0.39 is 23.7 Å². The number of rotatable bonds is 3. The molecular formula is C16H10F6N6. The molecule has 0 amide bonds. The highest BCUT2D eigenvalue weighted by molar-refractivity contribution is 5.51. The molecular weight excluding hydrogens is 390 g/mol. The maximum absolute atomic E-state index is 12.8. The van der Waals surface area contributed by atoms with Crippen LogP contribution in [-0.2, 0) is 18.8 Å². The van der Waals surface area contributed by atoms with Crippen molar-refractivity contribution in [1.82, 2.24) is 24.9 Å². The van der Waals surface area contributed by atoms with Gasteiger partial charge in [-0.3, -0.25) is 4.98 Å². The molecule has 0 aromatic carbocycles. The Morgan fingerprint density at radius 1 is 0.821 bits per heavy atom. The maximum atomic E-state index is 12.8. The van der Waals surface area contributed by atoms with Gasteiger partial charge < -0.3 is 5.73 Å². The van der Waals surface area contributed by atoms with Gasteiger partial charge >= 0.3 is 12.4 Å². The van der Waals surface area contributed by atoms with Crippen LogP contribution in [0, 0.1) is 0 Å². The Balaban J connectivity index is 1.95. The lowest BCUT2D eigenvalue weighted by Gasteiger charge is -2.09. The molecule has 0 atom stereocenters. The van der Waals surface area contributed by atoms with E-state index in [4.69, 9.17) is 5.73 Å². The number of alkyl halides is 6. The van der Waals surface area contributed by atoms with Gasteiger partial charge in [0.1, 0.15) is 22.9 Å². The van der Waals surface area contributed by atoms with Crippen LogP contribution in [-0.4, -0.2) is 24.9 Å². The smallest absolute Gasteiger partial charge is 0.368 e. The van der Waals surface area contributed by atoms with Gasteiger partial charge in [-0.2, -0.15) is 36.3 Å². The molecule has 2 N–H and O–H groups in total. The van der Waals surface area contributed by atoms with Gasteiger partial charge in [0.05, 0.1) is 0 Å². The molecule has 0 bridgehead atoms. The van der Waals surface area contributed by atoms with Crippen LogP contribution in [0.1, 0.15) is 22.8 Å². The summed E-state index contributed by atoms with van der Waals surface area (Å²) in [6, 6.07) is 5.31. The molecule has 3 aromatic heterocycles. The first-order valence-electron chi connectivity index (χ1n) is 7.59. The number of nitrogen functional groups attached to an aromatic ring is 1. The number of nitrogens with zero attached hydrogens (tertiary/aromatic N) is 5. The lowest BCUT2D eigenvalue weighted by atomic mass is 10.1. The Bertz CT molecular complexity index is 1000. The molecule has 0 aliphatic carbocycles. The van der Waals surface area contributed by atoms with E-state index in [-0.39, 0.29) is 35.3 Å². The van der Waals surface area contributed by atoms with Crippen LogP contribution in [0.3, 0.4) is 0 Å². The second kappa shape index (κ2) is 7.02. The van der Waals surface area contributed by atoms with Gasteiger partial charge in [-0.15, -0.1) is 0 Å². The molecule has 6 nitrogen and oxygen atoms in total. The first-order valence-corrected chi connectivity index (χ1v) is 7.59. The quantitative estimate of drug-likeness (QED) is 0.677. The number of pyridine rings is 2. The molecule has 28 heavy (non-hydrogen) atoms. The van der Waals surface area contributed by atoms with Crippen molar-refractivity contribution in [2.75, 3.05) is 5.73 Å². The summed E-state index contributed by atoms with van der Waals surface area (Å²) in [5, 5.41) is 0.